The molecular weight excluding hydrogens is 352 g/mol. The van der Waals surface area contributed by atoms with Crippen molar-refractivity contribution >= 4 is 16.7 Å². The normalized spacial score (nSPS) is 14.5. The van der Waals surface area contributed by atoms with Crippen LogP contribution in [0.2, 0.25) is 0 Å². The molecule has 2 aromatic heterocycles. The molecule has 1 aliphatic heterocycles. The zero-order chi connectivity index (χ0) is 18.9. The Balaban J connectivity index is 1.51. The van der Waals surface area contributed by atoms with Gasteiger partial charge in [0, 0.05) is 49.5 Å². The maximum absolute atomic E-state index is 12.6. The van der Waals surface area contributed by atoms with Gasteiger partial charge in [0.05, 0.1) is 11.3 Å². The summed E-state index contributed by atoms with van der Waals surface area (Å²) >= 11 is 0. The molecule has 0 bridgehead atoms. The van der Waals surface area contributed by atoms with Gasteiger partial charge in [-0.15, -0.1) is 0 Å². The minimum atomic E-state index is -0.372. The average Bonchev–Trinajstić information content (AvgIpc) is 3.24. The van der Waals surface area contributed by atoms with Crippen LogP contribution in [-0.4, -0.2) is 36.0 Å². The van der Waals surface area contributed by atoms with Crippen molar-refractivity contribution in [3.05, 3.63) is 77.3 Å². The van der Waals surface area contributed by atoms with Gasteiger partial charge in [0.1, 0.15) is 11.3 Å². The molecule has 5 rings (SSSR count). The first-order valence-corrected chi connectivity index (χ1v) is 9.43. The molecule has 0 saturated carbocycles. The van der Waals surface area contributed by atoms with Crippen LogP contribution >= 0.6 is 0 Å². The van der Waals surface area contributed by atoms with Crippen molar-refractivity contribution in [2.75, 3.05) is 31.1 Å². The van der Waals surface area contributed by atoms with Crippen LogP contribution in [0, 0.1) is 0 Å². The number of aromatic nitrogens is 2. The lowest BCUT2D eigenvalue weighted by molar-refractivity contribution is 0.561. The quantitative estimate of drug-likeness (QED) is 0.560. The smallest absolute Gasteiger partial charge is 0.345 e. The van der Waals surface area contributed by atoms with E-state index in [-0.39, 0.29) is 5.63 Å². The molecular formula is C22H20N4O2. The van der Waals surface area contributed by atoms with Crippen LogP contribution in [0.1, 0.15) is 0 Å². The lowest BCUT2D eigenvalue weighted by atomic mass is 10.1. The largest absolute Gasteiger partial charge is 0.422 e. The number of nitrogens with one attached hydrogen (secondary N) is 1. The molecule has 1 N–H and O–H groups in total. The molecule has 0 radical (unpaired) electrons. The lowest BCUT2D eigenvalue weighted by Crippen LogP contribution is -2.43. The van der Waals surface area contributed by atoms with Crippen LogP contribution < -0.4 is 15.8 Å². The van der Waals surface area contributed by atoms with Gasteiger partial charge in [-0.2, -0.15) is 5.10 Å². The Bertz CT molecular complexity index is 1170. The first-order chi connectivity index (χ1) is 13.8. The third-order valence-corrected chi connectivity index (χ3v) is 5.09. The second-order valence-corrected chi connectivity index (χ2v) is 6.89. The minimum absolute atomic E-state index is 0.372. The van der Waals surface area contributed by atoms with Crippen molar-refractivity contribution in [3.63, 3.8) is 0 Å². The van der Waals surface area contributed by atoms with Crippen molar-refractivity contribution in [2.24, 2.45) is 0 Å². The molecule has 1 fully saturated rings. The maximum Gasteiger partial charge on any atom is 0.345 e. The molecule has 2 aromatic carbocycles. The van der Waals surface area contributed by atoms with Crippen LogP contribution in [-0.2, 0) is 0 Å². The van der Waals surface area contributed by atoms with E-state index in [2.05, 4.69) is 21.4 Å². The zero-order valence-corrected chi connectivity index (χ0v) is 15.3. The molecule has 4 aromatic rings. The average molecular weight is 372 g/mol. The summed E-state index contributed by atoms with van der Waals surface area (Å²) in [7, 11) is 0. The Morgan fingerprint density at radius 1 is 0.929 bits per heavy atom. The highest BCUT2D eigenvalue weighted by Crippen LogP contribution is 2.25. The summed E-state index contributed by atoms with van der Waals surface area (Å²) in [4.78, 5) is 14.9. The molecule has 28 heavy (non-hydrogen) atoms. The fraction of sp³-hybridized carbons (Fsp3) is 0.182. The highest BCUT2D eigenvalue weighted by Gasteiger charge is 2.14. The Labute approximate surface area is 162 Å². The predicted octanol–water partition coefficient (Wildman–Crippen LogP) is 3.06. The van der Waals surface area contributed by atoms with Crippen molar-refractivity contribution < 1.29 is 4.42 Å². The van der Waals surface area contributed by atoms with E-state index < -0.39 is 0 Å². The van der Waals surface area contributed by atoms with E-state index >= 15 is 0 Å². The standard InChI is InChI=1S/C22H20N4O2/c27-22-19(20-8-11-26(24-20)17-4-2-1-3-5-17)14-16-6-7-18(15-21(16)28-22)25-12-9-23-10-13-25/h1-8,11,14-15,23H,9-10,12-13H2. The first kappa shape index (κ1) is 16.8. The summed E-state index contributed by atoms with van der Waals surface area (Å²) in [6.07, 6.45) is 1.85. The first-order valence-electron chi connectivity index (χ1n) is 9.43. The summed E-state index contributed by atoms with van der Waals surface area (Å²) in [6, 6.07) is 19.5. The van der Waals surface area contributed by atoms with Gasteiger partial charge in [-0.25, -0.2) is 9.48 Å². The fourth-order valence-electron chi connectivity index (χ4n) is 3.59. The van der Waals surface area contributed by atoms with Crippen molar-refractivity contribution in [1.29, 1.82) is 0 Å². The molecule has 0 amide bonds. The van der Waals surface area contributed by atoms with Crippen LogP contribution in [0.15, 0.2) is 76.1 Å². The number of hydrogen-bond donors (Lipinski definition) is 1. The van der Waals surface area contributed by atoms with Crippen LogP contribution in [0.5, 0.6) is 0 Å². The molecule has 1 aliphatic rings. The third kappa shape index (κ3) is 3.08. The SMILES string of the molecule is O=c1oc2cc(N3CCNCC3)ccc2cc1-c1ccn(-c2ccccc2)n1. The highest BCUT2D eigenvalue weighted by molar-refractivity contribution is 5.84. The number of fused-ring (bicyclic) bond motifs is 1. The van der Waals surface area contributed by atoms with Gasteiger partial charge in [0.2, 0.25) is 0 Å². The molecule has 3 heterocycles. The Kier molecular flexibility index (Phi) is 4.18. The lowest BCUT2D eigenvalue weighted by Gasteiger charge is -2.29. The van der Waals surface area contributed by atoms with E-state index in [1.165, 1.54) is 0 Å². The molecule has 1 saturated heterocycles. The minimum Gasteiger partial charge on any atom is -0.422 e. The van der Waals surface area contributed by atoms with E-state index in [9.17, 15) is 4.79 Å². The van der Waals surface area contributed by atoms with Crippen LogP contribution in [0.4, 0.5) is 5.69 Å². The van der Waals surface area contributed by atoms with Gasteiger partial charge in [0.25, 0.3) is 0 Å². The molecule has 0 aliphatic carbocycles. The molecule has 0 unspecified atom stereocenters. The van der Waals surface area contributed by atoms with Crippen molar-refractivity contribution in [1.82, 2.24) is 15.1 Å². The van der Waals surface area contributed by atoms with Gasteiger partial charge in [-0.1, -0.05) is 18.2 Å². The zero-order valence-electron chi connectivity index (χ0n) is 15.3. The van der Waals surface area contributed by atoms with Crippen molar-refractivity contribution in [3.8, 4) is 16.9 Å². The van der Waals surface area contributed by atoms with Crippen LogP contribution in [0.25, 0.3) is 27.9 Å². The van der Waals surface area contributed by atoms with Gasteiger partial charge < -0.3 is 14.6 Å². The van der Waals surface area contributed by atoms with E-state index in [4.69, 9.17) is 4.42 Å². The number of piperazine rings is 1. The summed E-state index contributed by atoms with van der Waals surface area (Å²) < 4.78 is 7.40. The molecule has 6 nitrogen and oxygen atoms in total. The summed E-state index contributed by atoms with van der Waals surface area (Å²) in [5, 5.41) is 8.79. The van der Waals surface area contributed by atoms with Gasteiger partial charge in [-0.05, 0) is 36.4 Å². The van der Waals surface area contributed by atoms with E-state index in [0.717, 1.165) is 42.9 Å². The molecule has 140 valence electrons. The number of hydrogen-bond acceptors (Lipinski definition) is 5. The molecule has 0 spiro atoms. The number of benzene rings is 2. The Morgan fingerprint density at radius 3 is 2.57 bits per heavy atom. The monoisotopic (exact) mass is 372 g/mol. The predicted molar refractivity (Wildman–Crippen MR) is 110 cm³/mol. The number of anilines is 1. The highest BCUT2D eigenvalue weighted by atomic mass is 16.4. The summed E-state index contributed by atoms with van der Waals surface area (Å²) in [6.45, 7) is 3.82. The van der Waals surface area contributed by atoms with Gasteiger partial charge in [-0.3, -0.25) is 0 Å². The van der Waals surface area contributed by atoms with Crippen LogP contribution in [0.3, 0.4) is 0 Å². The van der Waals surface area contributed by atoms with Crippen molar-refractivity contribution in [2.45, 2.75) is 0 Å². The number of para-hydroxylation sites is 1. The van der Waals surface area contributed by atoms with Gasteiger partial charge >= 0.3 is 5.63 Å². The second-order valence-electron chi connectivity index (χ2n) is 6.89. The van der Waals surface area contributed by atoms with E-state index in [1.807, 2.05) is 60.8 Å². The molecule has 0 atom stereocenters. The summed E-state index contributed by atoms with van der Waals surface area (Å²) in [5.41, 5.74) is 3.33. The maximum atomic E-state index is 12.6. The molecule has 6 heteroatoms. The third-order valence-electron chi connectivity index (χ3n) is 5.09. The Morgan fingerprint density at radius 2 is 1.75 bits per heavy atom. The number of nitrogens with zero attached hydrogens (tertiary/aromatic N) is 3. The van der Waals surface area contributed by atoms with E-state index in [0.29, 0.717) is 16.8 Å². The fourth-order valence-corrected chi connectivity index (χ4v) is 3.59. The van der Waals surface area contributed by atoms with Gasteiger partial charge in [0.15, 0.2) is 0 Å². The Hall–Kier alpha value is -3.38. The number of rotatable bonds is 3. The topological polar surface area (TPSA) is 63.3 Å². The van der Waals surface area contributed by atoms with E-state index in [1.54, 1.807) is 4.68 Å². The second kappa shape index (κ2) is 6.98. The summed E-state index contributed by atoms with van der Waals surface area (Å²) in [5.74, 6) is 0.